The number of carbonyl (C=O) groups is 1. The molecule has 1 saturated heterocycles. The molecule has 4 aromatic rings. The van der Waals surface area contributed by atoms with Crippen LogP contribution < -0.4 is 10.2 Å². The summed E-state index contributed by atoms with van der Waals surface area (Å²) in [7, 11) is 0. The molecule has 188 valence electrons. The number of hydrogen-bond acceptors (Lipinski definition) is 7. The van der Waals surface area contributed by atoms with E-state index in [9.17, 15) is 4.79 Å². The van der Waals surface area contributed by atoms with Gasteiger partial charge in [-0.2, -0.15) is 5.10 Å². The van der Waals surface area contributed by atoms with Crippen LogP contribution in [0.4, 0.5) is 5.69 Å². The predicted octanol–water partition coefficient (Wildman–Crippen LogP) is 4.15. The summed E-state index contributed by atoms with van der Waals surface area (Å²) in [4.78, 5) is 23.8. The molecular weight excluding hydrogens is 456 g/mol. The van der Waals surface area contributed by atoms with E-state index in [4.69, 9.17) is 9.15 Å². The highest BCUT2D eigenvalue weighted by molar-refractivity contribution is 5.92. The van der Waals surface area contributed by atoms with Crippen LogP contribution in [0.25, 0.3) is 16.8 Å². The Bertz CT molecular complexity index is 1400. The lowest BCUT2D eigenvalue weighted by Gasteiger charge is -2.31. The topological polar surface area (TPSA) is 97.8 Å². The molecule has 1 amide bonds. The number of aryl methyl sites for hydroxylation is 1. The second-order valence-corrected chi connectivity index (χ2v) is 10.4. The lowest BCUT2D eigenvalue weighted by Crippen LogP contribution is -2.40. The van der Waals surface area contributed by atoms with Crippen molar-refractivity contribution in [1.29, 1.82) is 0 Å². The number of nitrogens with zero attached hydrogens (tertiary/aromatic N) is 5. The summed E-state index contributed by atoms with van der Waals surface area (Å²) in [5.41, 5.74) is 6.06. The average molecular weight is 489 g/mol. The Kier molecular flexibility index (Phi) is 6.26. The summed E-state index contributed by atoms with van der Waals surface area (Å²) in [5.74, 6) is 0.286. The van der Waals surface area contributed by atoms with Crippen molar-refractivity contribution in [1.82, 2.24) is 24.9 Å². The molecular formula is C27H32N6O3. The normalized spacial score (nSPS) is 16.5. The van der Waals surface area contributed by atoms with Crippen LogP contribution in [-0.4, -0.2) is 51.3 Å². The van der Waals surface area contributed by atoms with Gasteiger partial charge in [0.2, 0.25) is 0 Å². The second-order valence-electron chi connectivity index (χ2n) is 10.4. The Hall–Kier alpha value is -3.72. The van der Waals surface area contributed by atoms with Crippen molar-refractivity contribution in [3.8, 4) is 11.3 Å². The zero-order chi connectivity index (χ0) is 25.4. The van der Waals surface area contributed by atoms with Crippen molar-refractivity contribution < 1.29 is 13.9 Å². The van der Waals surface area contributed by atoms with Gasteiger partial charge in [-0.25, -0.2) is 14.5 Å². The first-order valence-electron chi connectivity index (χ1n) is 12.2. The molecule has 0 saturated carbocycles. The van der Waals surface area contributed by atoms with Crippen molar-refractivity contribution in [3.05, 3.63) is 65.8 Å². The van der Waals surface area contributed by atoms with Gasteiger partial charge in [-0.05, 0) is 37.1 Å². The third-order valence-electron chi connectivity index (χ3n) is 6.43. The molecule has 4 heterocycles. The van der Waals surface area contributed by atoms with Crippen molar-refractivity contribution in [2.24, 2.45) is 0 Å². The van der Waals surface area contributed by atoms with Crippen LogP contribution in [0.5, 0.6) is 0 Å². The van der Waals surface area contributed by atoms with Crippen LogP contribution in [0.3, 0.4) is 0 Å². The molecule has 1 aliphatic heterocycles. The number of rotatable bonds is 5. The quantitative estimate of drug-likeness (QED) is 0.451. The summed E-state index contributed by atoms with van der Waals surface area (Å²) in [6.45, 7) is 12.9. The largest absolute Gasteiger partial charge is 0.448 e. The van der Waals surface area contributed by atoms with Gasteiger partial charge in [-0.15, -0.1) is 0 Å². The number of carbonyl (C=O) groups excluding carboxylic acids is 1. The number of benzene rings is 1. The van der Waals surface area contributed by atoms with Gasteiger partial charge >= 0.3 is 0 Å². The minimum Gasteiger partial charge on any atom is -0.448 e. The van der Waals surface area contributed by atoms with E-state index in [1.165, 1.54) is 6.26 Å². The van der Waals surface area contributed by atoms with E-state index in [-0.39, 0.29) is 23.1 Å². The smallest absolute Gasteiger partial charge is 0.273 e. The second kappa shape index (κ2) is 9.39. The number of ether oxygens (including phenoxy) is 1. The lowest BCUT2D eigenvalue weighted by molar-refractivity contribution is 0.0532. The van der Waals surface area contributed by atoms with Crippen LogP contribution in [-0.2, 0) is 16.7 Å². The SMILES string of the molecule is Cc1cc(-c2ncnn3cc(N4CCO[C@H](C)C4)cc23)ccc1CNC(=O)c1coc(C(C)(C)C)n1. The Morgan fingerprint density at radius 2 is 2.08 bits per heavy atom. The lowest BCUT2D eigenvalue weighted by atomic mass is 9.97. The molecule has 0 spiro atoms. The van der Waals surface area contributed by atoms with Crippen molar-refractivity contribution in [3.63, 3.8) is 0 Å². The summed E-state index contributed by atoms with van der Waals surface area (Å²) in [6.07, 6.45) is 5.24. The molecule has 1 aliphatic rings. The number of fused-ring (bicyclic) bond motifs is 1. The first-order chi connectivity index (χ1) is 17.2. The van der Waals surface area contributed by atoms with E-state index < -0.39 is 0 Å². The Labute approximate surface area is 210 Å². The Balaban J connectivity index is 1.33. The van der Waals surface area contributed by atoms with Crippen LogP contribution in [0.2, 0.25) is 0 Å². The molecule has 1 aromatic carbocycles. The highest BCUT2D eigenvalue weighted by atomic mass is 16.5. The minimum atomic E-state index is -0.256. The maximum absolute atomic E-state index is 12.6. The van der Waals surface area contributed by atoms with Crippen molar-refractivity contribution in [2.45, 2.75) is 52.7 Å². The number of amides is 1. The number of anilines is 1. The van der Waals surface area contributed by atoms with Gasteiger partial charge in [0.05, 0.1) is 35.8 Å². The van der Waals surface area contributed by atoms with E-state index in [1.54, 1.807) is 6.33 Å². The van der Waals surface area contributed by atoms with E-state index in [0.29, 0.717) is 12.4 Å². The number of aromatic nitrogens is 4. The maximum atomic E-state index is 12.6. The molecule has 0 unspecified atom stereocenters. The number of oxazole rings is 1. The first kappa shape index (κ1) is 24.0. The average Bonchev–Trinajstić information content (AvgIpc) is 3.51. The van der Waals surface area contributed by atoms with Crippen LogP contribution in [0.15, 0.2) is 47.5 Å². The molecule has 9 nitrogen and oxygen atoms in total. The molecule has 1 N–H and O–H groups in total. The first-order valence-corrected chi connectivity index (χ1v) is 12.2. The van der Waals surface area contributed by atoms with Crippen LogP contribution >= 0.6 is 0 Å². The molecule has 3 aromatic heterocycles. The zero-order valence-electron chi connectivity index (χ0n) is 21.4. The number of morpholine rings is 1. The zero-order valence-corrected chi connectivity index (χ0v) is 21.4. The van der Waals surface area contributed by atoms with Crippen molar-refractivity contribution >= 4 is 17.1 Å². The molecule has 0 radical (unpaired) electrons. The van der Waals surface area contributed by atoms with Gasteiger partial charge in [0.15, 0.2) is 11.6 Å². The fourth-order valence-electron chi connectivity index (χ4n) is 4.39. The highest BCUT2D eigenvalue weighted by Crippen LogP contribution is 2.29. The van der Waals surface area contributed by atoms with E-state index in [2.05, 4.69) is 44.3 Å². The molecule has 5 rings (SSSR count). The van der Waals surface area contributed by atoms with E-state index >= 15 is 0 Å². The van der Waals surface area contributed by atoms with Gasteiger partial charge in [-0.1, -0.05) is 32.9 Å². The number of hydrogen-bond donors (Lipinski definition) is 1. The summed E-state index contributed by atoms with van der Waals surface area (Å²) < 4.78 is 13.0. The summed E-state index contributed by atoms with van der Waals surface area (Å²) in [6, 6.07) is 8.30. The van der Waals surface area contributed by atoms with E-state index in [0.717, 1.165) is 53.3 Å². The van der Waals surface area contributed by atoms with Gasteiger partial charge in [0, 0.05) is 30.6 Å². The minimum absolute atomic E-state index is 0.202. The Morgan fingerprint density at radius 1 is 1.25 bits per heavy atom. The van der Waals surface area contributed by atoms with Crippen molar-refractivity contribution in [2.75, 3.05) is 24.6 Å². The van der Waals surface area contributed by atoms with Gasteiger partial charge in [-0.3, -0.25) is 4.79 Å². The molecule has 1 fully saturated rings. The molecule has 0 bridgehead atoms. The highest BCUT2D eigenvalue weighted by Gasteiger charge is 2.23. The third kappa shape index (κ3) is 4.83. The van der Waals surface area contributed by atoms with Crippen LogP contribution in [0, 0.1) is 6.92 Å². The fourth-order valence-corrected chi connectivity index (χ4v) is 4.39. The Morgan fingerprint density at radius 3 is 2.81 bits per heavy atom. The molecule has 0 aliphatic carbocycles. The monoisotopic (exact) mass is 488 g/mol. The van der Waals surface area contributed by atoms with Gasteiger partial charge in [0.25, 0.3) is 5.91 Å². The summed E-state index contributed by atoms with van der Waals surface area (Å²) >= 11 is 0. The van der Waals surface area contributed by atoms with E-state index in [1.807, 2.05) is 50.5 Å². The number of nitrogens with one attached hydrogen (secondary N) is 1. The summed E-state index contributed by atoms with van der Waals surface area (Å²) in [5, 5.41) is 7.37. The molecule has 36 heavy (non-hydrogen) atoms. The molecule has 9 heteroatoms. The molecule has 1 atom stereocenters. The van der Waals surface area contributed by atoms with Gasteiger partial charge in [0.1, 0.15) is 12.6 Å². The van der Waals surface area contributed by atoms with Gasteiger partial charge < -0.3 is 19.4 Å². The third-order valence-corrected chi connectivity index (χ3v) is 6.43. The standard InChI is InChI=1S/C27H32N6O3/c1-17-10-19(6-7-20(17)12-28-25(34)22-15-36-26(31-22)27(3,4)5)24-23-11-21(14-33(23)30-16-29-24)32-8-9-35-18(2)13-32/h6-7,10-11,14-16,18H,8-9,12-13H2,1-5H3,(H,28,34)/t18-/m1/s1. The maximum Gasteiger partial charge on any atom is 0.273 e. The predicted molar refractivity (Wildman–Crippen MR) is 137 cm³/mol. The fraction of sp³-hybridized carbons (Fsp3) is 0.407. The van der Waals surface area contributed by atoms with Crippen LogP contribution in [0.1, 0.15) is 55.2 Å².